The van der Waals surface area contributed by atoms with E-state index < -0.39 is 23.2 Å². The SMILES string of the molecule is CN1C(N)=NC2(CC(C)(Cc3ccccn3)Oc3ccc(-c4cc(F)cc(Cl)c4)cc32)C1O. The fourth-order valence-corrected chi connectivity index (χ4v) is 5.15. The third kappa shape index (κ3) is 3.71. The number of aliphatic imine (C=N–C) groups is 1. The molecule has 33 heavy (non-hydrogen) atoms. The molecule has 2 aliphatic rings. The van der Waals surface area contributed by atoms with E-state index in [-0.39, 0.29) is 5.96 Å². The summed E-state index contributed by atoms with van der Waals surface area (Å²) in [5, 5.41) is 11.6. The van der Waals surface area contributed by atoms with E-state index in [2.05, 4.69) is 4.98 Å². The number of aromatic nitrogens is 1. The fraction of sp³-hybridized carbons (Fsp3) is 0.280. The number of guanidine groups is 1. The number of aliphatic hydroxyl groups excluding tert-OH is 1. The van der Waals surface area contributed by atoms with Gasteiger partial charge in [0.05, 0.1) is 0 Å². The first kappa shape index (κ1) is 21.7. The maximum Gasteiger partial charge on any atom is 0.194 e. The number of likely N-dealkylation sites (N-methyl/N-ethyl adjacent to an activating group) is 1. The molecule has 1 aromatic heterocycles. The van der Waals surface area contributed by atoms with Crippen LogP contribution in [-0.4, -0.2) is 39.8 Å². The Morgan fingerprint density at radius 2 is 2.03 bits per heavy atom. The van der Waals surface area contributed by atoms with Gasteiger partial charge in [0.15, 0.2) is 12.2 Å². The van der Waals surface area contributed by atoms with Crippen molar-refractivity contribution in [2.45, 2.75) is 37.1 Å². The molecule has 0 saturated heterocycles. The standard InChI is InChI=1S/C25H24ClFN4O2/c1-24(13-19-5-3-4-8-29-19)14-25(22(32)31(2)23(28)30-25)20-11-15(6-7-21(20)33-24)16-9-17(26)12-18(27)10-16/h3-12,22,32H,13-14H2,1-2H3,(H2,28,30). The monoisotopic (exact) mass is 466 g/mol. The highest BCUT2D eigenvalue weighted by Crippen LogP contribution is 2.52. The highest BCUT2D eigenvalue weighted by Gasteiger charge is 2.56. The van der Waals surface area contributed by atoms with Gasteiger partial charge < -0.3 is 20.5 Å². The summed E-state index contributed by atoms with van der Waals surface area (Å²) in [6.45, 7) is 1.99. The maximum atomic E-state index is 14.0. The van der Waals surface area contributed by atoms with E-state index in [0.717, 1.165) is 11.3 Å². The average Bonchev–Trinajstić information content (AvgIpc) is 2.97. The number of hydrogen-bond donors (Lipinski definition) is 2. The molecule has 5 rings (SSSR count). The van der Waals surface area contributed by atoms with Gasteiger partial charge in [0, 0.05) is 42.4 Å². The molecule has 3 N–H and O–H groups in total. The van der Waals surface area contributed by atoms with Crippen LogP contribution < -0.4 is 10.5 Å². The molecule has 3 unspecified atom stereocenters. The number of fused-ring (bicyclic) bond motifs is 2. The van der Waals surface area contributed by atoms with Gasteiger partial charge in [-0.2, -0.15) is 0 Å². The Morgan fingerprint density at radius 3 is 2.70 bits per heavy atom. The predicted octanol–water partition coefficient (Wildman–Crippen LogP) is 4.10. The van der Waals surface area contributed by atoms with Gasteiger partial charge in [0.25, 0.3) is 0 Å². The average molecular weight is 467 g/mol. The first-order chi connectivity index (χ1) is 15.7. The Kier molecular flexibility index (Phi) is 5.06. The molecular formula is C25H24ClFN4O2. The molecule has 0 radical (unpaired) electrons. The molecule has 6 nitrogen and oxygen atoms in total. The Labute approximate surface area is 196 Å². The highest BCUT2D eigenvalue weighted by molar-refractivity contribution is 6.30. The zero-order valence-electron chi connectivity index (χ0n) is 18.3. The van der Waals surface area contributed by atoms with Crippen LogP contribution in [0, 0.1) is 5.82 Å². The van der Waals surface area contributed by atoms with Gasteiger partial charge in [-0.3, -0.25) is 4.98 Å². The molecule has 2 aromatic carbocycles. The molecule has 3 heterocycles. The molecule has 2 aliphatic heterocycles. The minimum atomic E-state index is -1.05. The lowest BCUT2D eigenvalue weighted by molar-refractivity contribution is -0.0482. The molecule has 0 amide bonds. The zero-order chi connectivity index (χ0) is 23.4. The van der Waals surface area contributed by atoms with Gasteiger partial charge in [-0.15, -0.1) is 0 Å². The van der Waals surface area contributed by atoms with Crippen LogP contribution in [0.4, 0.5) is 4.39 Å². The summed E-state index contributed by atoms with van der Waals surface area (Å²) in [6.07, 6.45) is 1.66. The lowest BCUT2D eigenvalue weighted by Gasteiger charge is -2.46. The summed E-state index contributed by atoms with van der Waals surface area (Å²) in [7, 11) is 1.71. The number of pyridine rings is 1. The van der Waals surface area contributed by atoms with Crippen molar-refractivity contribution in [1.82, 2.24) is 9.88 Å². The number of rotatable bonds is 3. The van der Waals surface area contributed by atoms with E-state index in [4.69, 9.17) is 27.1 Å². The van der Waals surface area contributed by atoms with E-state index in [9.17, 15) is 9.50 Å². The summed E-state index contributed by atoms with van der Waals surface area (Å²) in [5.74, 6) is 0.415. The van der Waals surface area contributed by atoms with Crippen molar-refractivity contribution < 1.29 is 14.2 Å². The van der Waals surface area contributed by atoms with Crippen molar-refractivity contribution in [3.63, 3.8) is 0 Å². The number of nitrogens with zero attached hydrogens (tertiary/aromatic N) is 3. The van der Waals surface area contributed by atoms with E-state index in [0.29, 0.717) is 34.7 Å². The first-order valence-electron chi connectivity index (χ1n) is 10.7. The van der Waals surface area contributed by atoms with Crippen molar-refractivity contribution in [1.29, 1.82) is 0 Å². The van der Waals surface area contributed by atoms with Crippen molar-refractivity contribution >= 4 is 17.6 Å². The van der Waals surface area contributed by atoms with E-state index in [1.165, 1.54) is 12.1 Å². The Hall–Kier alpha value is -3.16. The summed E-state index contributed by atoms with van der Waals surface area (Å²) < 4.78 is 20.5. The minimum Gasteiger partial charge on any atom is -0.487 e. The zero-order valence-corrected chi connectivity index (χ0v) is 19.1. The van der Waals surface area contributed by atoms with Gasteiger partial charge in [-0.25, -0.2) is 9.38 Å². The van der Waals surface area contributed by atoms with Crippen LogP contribution >= 0.6 is 11.6 Å². The number of aliphatic hydroxyl groups is 1. The largest absolute Gasteiger partial charge is 0.487 e. The quantitative estimate of drug-likeness (QED) is 0.607. The van der Waals surface area contributed by atoms with Crippen molar-refractivity contribution in [3.8, 4) is 16.9 Å². The van der Waals surface area contributed by atoms with Crippen LogP contribution in [-0.2, 0) is 12.0 Å². The summed E-state index contributed by atoms with van der Waals surface area (Å²) in [5.41, 5.74) is 7.34. The first-order valence-corrected chi connectivity index (χ1v) is 11.0. The maximum absolute atomic E-state index is 14.0. The second-order valence-corrected chi connectivity index (χ2v) is 9.41. The van der Waals surface area contributed by atoms with Gasteiger partial charge in [0.2, 0.25) is 0 Å². The Morgan fingerprint density at radius 1 is 1.21 bits per heavy atom. The van der Waals surface area contributed by atoms with Crippen LogP contribution in [0.2, 0.25) is 5.02 Å². The highest BCUT2D eigenvalue weighted by atomic mass is 35.5. The Bertz CT molecular complexity index is 1230. The normalized spacial score (nSPS) is 26.2. The molecule has 0 fully saturated rings. The topological polar surface area (TPSA) is 84.0 Å². The van der Waals surface area contributed by atoms with E-state index in [1.807, 2.05) is 43.3 Å². The lowest BCUT2D eigenvalue weighted by atomic mass is 9.74. The lowest BCUT2D eigenvalue weighted by Crippen LogP contribution is -2.53. The van der Waals surface area contributed by atoms with Crippen LogP contribution in [0.25, 0.3) is 11.1 Å². The number of hydrogen-bond acceptors (Lipinski definition) is 6. The van der Waals surface area contributed by atoms with Gasteiger partial charge in [-0.05, 0) is 60.5 Å². The molecule has 0 bridgehead atoms. The third-order valence-electron chi connectivity index (χ3n) is 6.39. The van der Waals surface area contributed by atoms with Gasteiger partial charge in [0.1, 0.15) is 22.7 Å². The predicted molar refractivity (Wildman–Crippen MR) is 126 cm³/mol. The molecular weight excluding hydrogens is 443 g/mol. The molecule has 3 atom stereocenters. The Balaban J connectivity index is 1.64. The second kappa shape index (κ2) is 7.71. The minimum absolute atomic E-state index is 0.245. The van der Waals surface area contributed by atoms with Crippen molar-refractivity contribution in [2.75, 3.05) is 7.05 Å². The number of nitrogens with two attached hydrogens (primary N) is 1. The summed E-state index contributed by atoms with van der Waals surface area (Å²) >= 11 is 6.08. The molecule has 0 saturated carbocycles. The number of benzene rings is 2. The molecule has 3 aromatic rings. The van der Waals surface area contributed by atoms with Crippen molar-refractivity contribution in [2.24, 2.45) is 10.7 Å². The van der Waals surface area contributed by atoms with Crippen LogP contribution in [0.1, 0.15) is 24.6 Å². The summed E-state index contributed by atoms with van der Waals surface area (Å²) in [4.78, 5) is 10.8. The molecule has 170 valence electrons. The summed E-state index contributed by atoms with van der Waals surface area (Å²) in [6, 6.07) is 15.7. The second-order valence-electron chi connectivity index (χ2n) is 8.97. The van der Waals surface area contributed by atoms with Crippen molar-refractivity contribution in [3.05, 3.63) is 82.9 Å². The molecule has 8 heteroatoms. The van der Waals surface area contributed by atoms with Gasteiger partial charge >= 0.3 is 0 Å². The van der Waals surface area contributed by atoms with Gasteiger partial charge in [-0.1, -0.05) is 23.7 Å². The fourth-order valence-electron chi connectivity index (χ4n) is 4.93. The van der Waals surface area contributed by atoms with E-state index in [1.54, 1.807) is 24.2 Å². The number of halogens is 2. The van der Waals surface area contributed by atoms with E-state index >= 15 is 0 Å². The van der Waals surface area contributed by atoms with Crippen LogP contribution in [0.3, 0.4) is 0 Å². The molecule has 0 aliphatic carbocycles. The number of ether oxygens (including phenoxy) is 1. The van der Waals surface area contributed by atoms with Crippen LogP contribution in [0.5, 0.6) is 5.75 Å². The van der Waals surface area contributed by atoms with Crippen LogP contribution in [0.15, 0.2) is 65.8 Å². The molecule has 1 spiro atoms. The third-order valence-corrected chi connectivity index (χ3v) is 6.61. The smallest absolute Gasteiger partial charge is 0.194 e.